The molecule has 0 amide bonds. The lowest BCUT2D eigenvalue weighted by Gasteiger charge is -2.24. The van der Waals surface area contributed by atoms with Crippen molar-refractivity contribution in [1.82, 2.24) is 0 Å². The van der Waals surface area contributed by atoms with Gasteiger partial charge in [-0.15, -0.1) is 0 Å². The number of hydrogen-bond donors (Lipinski definition) is 1. The van der Waals surface area contributed by atoms with Crippen molar-refractivity contribution in [1.29, 1.82) is 0 Å². The third-order valence-corrected chi connectivity index (χ3v) is 2.94. The van der Waals surface area contributed by atoms with Crippen molar-refractivity contribution in [3.05, 3.63) is 29.6 Å². The molecule has 0 saturated heterocycles. The Morgan fingerprint density at radius 2 is 2.06 bits per heavy atom. The minimum absolute atomic E-state index is 0.0371. The molecule has 0 saturated carbocycles. The number of nitrogens with two attached hydrogens (primary N) is 1. The van der Waals surface area contributed by atoms with Gasteiger partial charge in [-0.1, -0.05) is 32.4 Å². The van der Waals surface area contributed by atoms with E-state index >= 15 is 0 Å². The molecule has 0 aliphatic rings. The number of benzene rings is 1. The van der Waals surface area contributed by atoms with Crippen LogP contribution in [0.15, 0.2) is 18.2 Å². The third kappa shape index (κ3) is 3.70. The minimum Gasteiger partial charge on any atom is -0.486 e. The van der Waals surface area contributed by atoms with Crippen LogP contribution < -0.4 is 10.5 Å². The van der Waals surface area contributed by atoms with E-state index in [9.17, 15) is 4.39 Å². The Balaban J connectivity index is 2.77. The van der Waals surface area contributed by atoms with Crippen molar-refractivity contribution < 1.29 is 9.13 Å². The van der Waals surface area contributed by atoms with Crippen LogP contribution in [-0.2, 0) is 0 Å². The monoisotopic (exact) mass is 239 g/mol. The molecular weight excluding hydrogens is 217 g/mol. The van der Waals surface area contributed by atoms with Gasteiger partial charge < -0.3 is 10.5 Å². The van der Waals surface area contributed by atoms with Gasteiger partial charge in [0.05, 0.1) is 0 Å². The summed E-state index contributed by atoms with van der Waals surface area (Å²) in [7, 11) is 0. The quantitative estimate of drug-likeness (QED) is 0.825. The molecule has 2 nitrogen and oxygen atoms in total. The molecule has 96 valence electrons. The van der Waals surface area contributed by atoms with Gasteiger partial charge in [0.1, 0.15) is 6.10 Å². The van der Waals surface area contributed by atoms with E-state index in [4.69, 9.17) is 10.5 Å². The molecule has 1 aromatic rings. The van der Waals surface area contributed by atoms with Crippen molar-refractivity contribution in [3.63, 3.8) is 0 Å². The van der Waals surface area contributed by atoms with Gasteiger partial charge in [-0.2, -0.15) is 0 Å². The summed E-state index contributed by atoms with van der Waals surface area (Å²) < 4.78 is 19.5. The fourth-order valence-corrected chi connectivity index (χ4v) is 1.87. The predicted molar refractivity (Wildman–Crippen MR) is 68.7 cm³/mol. The van der Waals surface area contributed by atoms with E-state index < -0.39 is 0 Å². The molecule has 0 radical (unpaired) electrons. The highest BCUT2D eigenvalue weighted by atomic mass is 19.1. The van der Waals surface area contributed by atoms with E-state index in [0.29, 0.717) is 11.3 Å². The van der Waals surface area contributed by atoms with Crippen molar-refractivity contribution in [2.24, 2.45) is 5.73 Å². The van der Waals surface area contributed by atoms with Crippen LogP contribution in [0.3, 0.4) is 0 Å². The van der Waals surface area contributed by atoms with Crippen LogP contribution in [0.4, 0.5) is 4.39 Å². The molecular formula is C14H22FNO. The Labute approximate surface area is 103 Å². The van der Waals surface area contributed by atoms with Gasteiger partial charge in [0.25, 0.3) is 0 Å². The molecule has 0 spiro atoms. The molecule has 2 unspecified atom stereocenters. The third-order valence-electron chi connectivity index (χ3n) is 2.94. The van der Waals surface area contributed by atoms with E-state index in [1.54, 1.807) is 25.1 Å². The summed E-state index contributed by atoms with van der Waals surface area (Å²) >= 11 is 0. The molecule has 1 aromatic carbocycles. The highest BCUT2D eigenvalue weighted by molar-refractivity contribution is 5.30. The highest BCUT2D eigenvalue weighted by Crippen LogP contribution is 2.22. The Kier molecular flexibility index (Phi) is 5.42. The molecule has 0 bridgehead atoms. The van der Waals surface area contributed by atoms with E-state index in [1.807, 2.05) is 6.92 Å². The molecule has 0 aliphatic carbocycles. The minimum atomic E-state index is -0.283. The SMILES string of the molecule is CCCC(N)C(CC)Oc1cccc(C)c1F. The van der Waals surface area contributed by atoms with Crippen molar-refractivity contribution in [2.75, 3.05) is 0 Å². The molecule has 0 aromatic heterocycles. The molecule has 2 atom stereocenters. The number of ether oxygens (including phenoxy) is 1. The summed E-state index contributed by atoms with van der Waals surface area (Å²) in [5.74, 6) is 0.0260. The smallest absolute Gasteiger partial charge is 0.167 e. The number of aryl methyl sites for hydroxylation is 1. The lowest BCUT2D eigenvalue weighted by molar-refractivity contribution is 0.154. The van der Waals surface area contributed by atoms with Crippen molar-refractivity contribution in [2.45, 2.75) is 52.2 Å². The zero-order valence-corrected chi connectivity index (χ0v) is 10.9. The van der Waals surface area contributed by atoms with E-state index in [1.165, 1.54) is 0 Å². The number of rotatable bonds is 6. The first-order valence-corrected chi connectivity index (χ1v) is 6.27. The molecule has 0 heterocycles. The summed E-state index contributed by atoms with van der Waals surface area (Å²) in [6.07, 6.45) is 2.57. The van der Waals surface area contributed by atoms with E-state index in [-0.39, 0.29) is 18.0 Å². The van der Waals surface area contributed by atoms with Gasteiger partial charge >= 0.3 is 0 Å². The van der Waals surface area contributed by atoms with Crippen LogP contribution in [0.25, 0.3) is 0 Å². The summed E-state index contributed by atoms with van der Waals surface area (Å²) in [4.78, 5) is 0. The van der Waals surface area contributed by atoms with Gasteiger partial charge in [0.2, 0.25) is 0 Å². The van der Waals surface area contributed by atoms with Crippen LogP contribution in [0.5, 0.6) is 5.75 Å². The second-order valence-electron chi connectivity index (χ2n) is 4.40. The van der Waals surface area contributed by atoms with E-state index in [2.05, 4.69) is 6.92 Å². The molecule has 17 heavy (non-hydrogen) atoms. The topological polar surface area (TPSA) is 35.2 Å². The Morgan fingerprint density at radius 3 is 2.65 bits per heavy atom. The maximum Gasteiger partial charge on any atom is 0.167 e. The summed E-state index contributed by atoms with van der Waals surface area (Å²) in [6, 6.07) is 5.15. The summed E-state index contributed by atoms with van der Waals surface area (Å²) in [5, 5.41) is 0. The fourth-order valence-electron chi connectivity index (χ4n) is 1.87. The Hall–Kier alpha value is -1.09. The molecule has 0 aliphatic heterocycles. The molecule has 2 N–H and O–H groups in total. The zero-order chi connectivity index (χ0) is 12.8. The number of hydrogen-bond acceptors (Lipinski definition) is 2. The molecule has 1 rings (SSSR count). The average molecular weight is 239 g/mol. The zero-order valence-electron chi connectivity index (χ0n) is 10.9. The number of halogens is 1. The maximum atomic E-state index is 13.8. The van der Waals surface area contributed by atoms with Gasteiger partial charge in [-0.05, 0) is 31.4 Å². The lowest BCUT2D eigenvalue weighted by atomic mass is 10.0. The van der Waals surface area contributed by atoms with Gasteiger partial charge in [0.15, 0.2) is 11.6 Å². The second-order valence-corrected chi connectivity index (χ2v) is 4.40. The van der Waals surface area contributed by atoms with Crippen LogP contribution >= 0.6 is 0 Å². The second kappa shape index (κ2) is 6.60. The molecule has 0 fully saturated rings. The van der Waals surface area contributed by atoms with Crippen LogP contribution in [0, 0.1) is 12.7 Å². The fraction of sp³-hybridized carbons (Fsp3) is 0.571. The standard InChI is InChI=1S/C14H22FNO/c1-4-7-11(16)12(5-2)17-13-9-6-8-10(3)14(13)15/h6,8-9,11-12H,4-5,7,16H2,1-3H3. The Bertz CT molecular complexity index is 354. The van der Waals surface area contributed by atoms with E-state index in [0.717, 1.165) is 19.3 Å². The largest absolute Gasteiger partial charge is 0.486 e. The predicted octanol–water partition coefficient (Wildman–Crippen LogP) is 3.42. The normalized spacial score (nSPS) is 14.4. The highest BCUT2D eigenvalue weighted by Gasteiger charge is 2.18. The Morgan fingerprint density at radius 1 is 1.35 bits per heavy atom. The van der Waals surface area contributed by atoms with Gasteiger partial charge in [0, 0.05) is 6.04 Å². The summed E-state index contributed by atoms with van der Waals surface area (Å²) in [6.45, 7) is 5.82. The lowest BCUT2D eigenvalue weighted by Crippen LogP contribution is -2.38. The van der Waals surface area contributed by atoms with Gasteiger partial charge in [-0.3, -0.25) is 0 Å². The van der Waals surface area contributed by atoms with Crippen molar-refractivity contribution in [3.8, 4) is 5.75 Å². The van der Waals surface area contributed by atoms with Gasteiger partial charge in [-0.25, -0.2) is 4.39 Å². The van der Waals surface area contributed by atoms with Crippen LogP contribution in [-0.4, -0.2) is 12.1 Å². The maximum absolute atomic E-state index is 13.8. The first kappa shape index (κ1) is 14.0. The average Bonchev–Trinajstić information content (AvgIpc) is 2.31. The first-order chi connectivity index (χ1) is 8.10. The summed E-state index contributed by atoms with van der Waals surface area (Å²) in [5.41, 5.74) is 6.63. The van der Waals surface area contributed by atoms with Crippen LogP contribution in [0.2, 0.25) is 0 Å². The molecule has 3 heteroatoms. The first-order valence-electron chi connectivity index (χ1n) is 6.27. The van der Waals surface area contributed by atoms with Crippen molar-refractivity contribution >= 4 is 0 Å². The van der Waals surface area contributed by atoms with Crippen LogP contribution in [0.1, 0.15) is 38.7 Å².